The van der Waals surface area contributed by atoms with Gasteiger partial charge in [-0.15, -0.1) is 10.2 Å². The molecule has 3 aromatic rings. The molecule has 0 amide bonds. The number of para-hydroxylation sites is 1. The van der Waals surface area contributed by atoms with Gasteiger partial charge >= 0.3 is 11.9 Å². The third-order valence-corrected chi connectivity index (χ3v) is 3.83. The maximum Gasteiger partial charge on any atom is 0.452 e. The molecule has 1 N–H and O–H groups in total. The van der Waals surface area contributed by atoms with Crippen LogP contribution in [0.5, 0.6) is 0 Å². The minimum Gasteiger partial charge on any atom is -0.356 e. The van der Waals surface area contributed by atoms with Crippen molar-refractivity contribution in [3.63, 3.8) is 0 Å². The Labute approximate surface area is 161 Å². The molecule has 2 aromatic carbocycles. The molecule has 11 heteroatoms. The first kappa shape index (κ1) is 19.4. The van der Waals surface area contributed by atoms with Crippen LogP contribution in [0.25, 0.3) is 11.4 Å². The van der Waals surface area contributed by atoms with E-state index in [4.69, 9.17) is 11.6 Å². The number of nitro groups is 1. The van der Waals surface area contributed by atoms with E-state index in [0.717, 1.165) is 6.20 Å². The second kappa shape index (κ2) is 7.69. The molecule has 0 aliphatic rings. The van der Waals surface area contributed by atoms with Crippen LogP contribution in [-0.4, -0.2) is 19.7 Å². The van der Waals surface area contributed by atoms with Crippen molar-refractivity contribution in [2.75, 3.05) is 5.32 Å². The molecule has 1 heterocycles. The molecule has 0 aliphatic carbocycles. The Hall–Kier alpha value is -3.40. The number of hydrogen-bond donors (Lipinski definition) is 1. The summed E-state index contributed by atoms with van der Waals surface area (Å²) in [4.78, 5) is 10.7. The first-order chi connectivity index (χ1) is 13.3. The highest BCUT2D eigenvalue weighted by molar-refractivity contribution is 6.30. The van der Waals surface area contributed by atoms with E-state index in [1.807, 2.05) is 0 Å². The summed E-state index contributed by atoms with van der Waals surface area (Å²) < 4.78 is 40.7. The summed E-state index contributed by atoms with van der Waals surface area (Å²) in [5, 5.41) is 21.1. The highest BCUT2D eigenvalue weighted by Crippen LogP contribution is 2.32. The van der Waals surface area contributed by atoms with E-state index < -0.39 is 28.4 Å². The first-order valence-corrected chi connectivity index (χ1v) is 8.10. The molecule has 28 heavy (non-hydrogen) atoms. The first-order valence-electron chi connectivity index (χ1n) is 7.72. The largest absolute Gasteiger partial charge is 0.452 e. The summed E-state index contributed by atoms with van der Waals surface area (Å²) in [7, 11) is 0. The van der Waals surface area contributed by atoms with Crippen LogP contribution in [0.15, 0.2) is 60.8 Å². The zero-order valence-electron chi connectivity index (χ0n) is 13.9. The van der Waals surface area contributed by atoms with Crippen LogP contribution >= 0.6 is 11.6 Å². The fourth-order valence-electron chi connectivity index (χ4n) is 2.35. The van der Waals surface area contributed by atoms with Crippen molar-refractivity contribution in [3.8, 4) is 5.69 Å². The van der Waals surface area contributed by atoms with Crippen molar-refractivity contribution >= 4 is 23.0 Å². The summed E-state index contributed by atoms with van der Waals surface area (Å²) in [6.45, 7) is 0. The number of halogens is 4. The average molecular weight is 410 g/mol. The second-order valence-corrected chi connectivity index (χ2v) is 5.89. The Kier molecular flexibility index (Phi) is 5.32. The van der Waals surface area contributed by atoms with Crippen LogP contribution in [0.4, 0.5) is 18.9 Å². The van der Waals surface area contributed by atoms with E-state index in [-0.39, 0.29) is 5.69 Å². The molecule has 0 saturated heterocycles. The fraction of sp³-hybridized carbons (Fsp3) is 0.0588. The molecule has 0 unspecified atom stereocenters. The molecule has 0 fully saturated rings. The van der Waals surface area contributed by atoms with Gasteiger partial charge in [0.2, 0.25) is 11.6 Å². The van der Waals surface area contributed by atoms with Gasteiger partial charge in [-0.1, -0.05) is 29.8 Å². The van der Waals surface area contributed by atoms with Crippen LogP contribution in [-0.2, 0) is 6.18 Å². The zero-order valence-corrected chi connectivity index (χ0v) is 14.6. The Morgan fingerprint density at radius 3 is 2.32 bits per heavy atom. The zero-order chi connectivity index (χ0) is 20.3. The molecule has 0 atom stereocenters. The molecule has 1 aromatic heterocycles. The number of alkyl halides is 3. The van der Waals surface area contributed by atoms with Crippen molar-refractivity contribution in [2.24, 2.45) is 0 Å². The van der Waals surface area contributed by atoms with Crippen LogP contribution in [0.1, 0.15) is 11.6 Å². The summed E-state index contributed by atoms with van der Waals surface area (Å²) in [6, 6.07) is 13.7. The lowest BCUT2D eigenvalue weighted by molar-refractivity contribution is -0.376. The number of benzene rings is 2. The third-order valence-electron chi connectivity index (χ3n) is 3.58. The maximum atomic E-state index is 13.4. The fourth-order valence-corrected chi connectivity index (χ4v) is 2.48. The number of nitrogens with one attached hydrogen (secondary N) is 1. The van der Waals surface area contributed by atoms with Crippen molar-refractivity contribution in [3.05, 3.63) is 87.6 Å². The predicted octanol–water partition coefficient (Wildman–Crippen LogP) is 4.63. The number of hydrogen-bond acceptors (Lipinski definition) is 5. The summed E-state index contributed by atoms with van der Waals surface area (Å²) in [5.41, 5.74) is -0.207. The van der Waals surface area contributed by atoms with E-state index in [0.29, 0.717) is 15.3 Å². The van der Waals surface area contributed by atoms with Gasteiger partial charge in [-0.05, 0) is 36.4 Å². The summed E-state index contributed by atoms with van der Waals surface area (Å²) >= 11 is 5.78. The minimum atomic E-state index is -4.88. The normalized spacial score (nSPS) is 12.1. The lowest BCUT2D eigenvalue weighted by Gasteiger charge is -2.11. The molecule has 144 valence electrons. The number of aromatic nitrogens is 3. The van der Waals surface area contributed by atoms with Gasteiger partial charge in [-0.2, -0.15) is 13.2 Å². The van der Waals surface area contributed by atoms with E-state index in [9.17, 15) is 23.3 Å². The van der Waals surface area contributed by atoms with Crippen LogP contribution < -0.4 is 5.32 Å². The number of nitrogens with zero attached hydrogens (tertiary/aromatic N) is 4. The molecule has 0 saturated carbocycles. The van der Waals surface area contributed by atoms with E-state index >= 15 is 0 Å². The molecule has 7 nitrogen and oxygen atoms in total. The van der Waals surface area contributed by atoms with E-state index in [1.165, 1.54) is 24.3 Å². The molecule has 0 aliphatic heterocycles. The molecule has 3 rings (SSSR count). The van der Waals surface area contributed by atoms with Gasteiger partial charge in [-0.25, -0.2) is 0 Å². The Balaban J connectivity index is 2.14. The van der Waals surface area contributed by atoms with Crippen molar-refractivity contribution < 1.29 is 18.1 Å². The Morgan fingerprint density at radius 1 is 1.11 bits per heavy atom. The van der Waals surface area contributed by atoms with E-state index in [1.54, 1.807) is 30.3 Å². The maximum absolute atomic E-state index is 13.4. The van der Waals surface area contributed by atoms with Crippen molar-refractivity contribution in [1.29, 1.82) is 0 Å². The van der Waals surface area contributed by atoms with E-state index in [2.05, 4.69) is 15.5 Å². The van der Waals surface area contributed by atoms with Crippen molar-refractivity contribution in [1.82, 2.24) is 14.8 Å². The van der Waals surface area contributed by atoms with Gasteiger partial charge < -0.3 is 5.32 Å². The summed E-state index contributed by atoms with van der Waals surface area (Å²) in [5.74, 6) is -1.97. The third kappa shape index (κ3) is 4.12. The quantitative estimate of drug-likeness (QED) is 0.490. The highest BCUT2D eigenvalue weighted by Gasteiger charge is 2.41. The topological polar surface area (TPSA) is 85.9 Å². The second-order valence-electron chi connectivity index (χ2n) is 5.45. The van der Waals surface area contributed by atoms with Crippen LogP contribution in [0, 0.1) is 10.1 Å². The smallest absolute Gasteiger partial charge is 0.356 e. The van der Waals surface area contributed by atoms with Crippen LogP contribution in [0.2, 0.25) is 5.02 Å². The van der Waals surface area contributed by atoms with Gasteiger partial charge in [0.05, 0.1) is 11.1 Å². The molecule has 0 bridgehead atoms. The lowest BCUT2D eigenvalue weighted by Crippen LogP contribution is -2.16. The molecule has 0 radical (unpaired) electrons. The lowest BCUT2D eigenvalue weighted by atomic mass is 10.3. The Morgan fingerprint density at radius 2 is 1.75 bits per heavy atom. The van der Waals surface area contributed by atoms with Crippen molar-refractivity contribution in [2.45, 2.75) is 6.18 Å². The number of rotatable bonds is 5. The highest BCUT2D eigenvalue weighted by atomic mass is 35.5. The monoisotopic (exact) mass is 409 g/mol. The Bertz CT molecular complexity index is 1020. The van der Waals surface area contributed by atoms with Gasteiger partial charge in [-0.3, -0.25) is 14.7 Å². The molecular formula is C17H11ClF3N5O2. The number of anilines is 1. The molecule has 0 spiro atoms. The average Bonchev–Trinajstić information content (AvgIpc) is 3.08. The SMILES string of the molecule is O=[N+]([O-])/C(=C\Nc1ccccc1)c1nnc(C(F)(F)F)n1-c1ccc(Cl)cc1. The van der Waals surface area contributed by atoms with Gasteiger partial charge in [0.15, 0.2) is 0 Å². The standard InChI is InChI=1S/C17H11ClF3N5O2/c18-11-6-8-13(9-7-11)25-15(23-24-16(25)17(19,20)21)14(26(27)28)10-22-12-4-2-1-3-5-12/h1-10,22H/b14-10-. The predicted molar refractivity (Wildman–Crippen MR) is 96.4 cm³/mol. The van der Waals surface area contributed by atoms with Gasteiger partial charge in [0.25, 0.3) is 0 Å². The van der Waals surface area contributed by atoms with Crippen LogP contribution in [0.3, 0.4) is 0 Å². The minimum absolute atomic E-state index is 0.0239. The molecular weight excluding hydrogens is 399 g/mol. The van der Waals surface area contributed by atoms with Gasteiger partial charge in [0, 0.05) is 16.4 Å². The van der Waals surface area contributed by atoms with Gasteiger partial charge in [0.1, 0.15) is 0 Å². The summed E-state index contributed by atoms with van der Waals surface area (Å²) in [6.07, 6.45) is -3.91.